The topological polar surface area (TPSA) is 35.5 Å². The summed E-state index contributed by atoms with van der Waals surface area (Å²) in [4.78, 5) is 11.1. The lowest BCUT2D eigenvalue weighted by atomic mass is 10.1. The van der Waals surface area contributed by atoms with E-state index in [4.69, 9.17) is 9.47 Å². The zero-order chi connectivity index (χ0) is 14.4. The smallest absolute Gasteiger partial charge is 0.172 e. The molecule has 0 amide bonds. The molecule has 0 radical (unpaired) electrons. The molecule has 3 heteroatoms. The van der Waals surface area contributed by atoms with Gasteiger partial charge in [0.2, 0.25) is 0 Å². The highest BCUT2D eigenvalue weighted by atomic mass is 16.5. The van der Waals surface area contributed by atoms with Crippen LogP contribution in [0.4, 0.5) is 0 Å². The van der Waals surface area contributed by atoms with Gasteiger partial charge in [0.1, 0.15) is 6.61 Å². The maximum Gasteiger partial charge on any atom is 0.172 e. The standard InChI is InChI=1S/C17H18O3/c1-3-19-16-6-4-5-15(11-18)17(16)20-12-14-9-7-13(2)8-10-14/h4-11H,3,12H2,1-2H3. The maximum absolute atomic E-state index is 11.1. The van der Waals surface area contributed by atoms with E-state index in [1.54, 1.807) is 18.2 Å². The van der Waals surface area contributed by atoms with Crippen LogP contribution in [0.15, 0.2) is 42.5 Å². The summed E-state index contributed by atoms with van der Waals surface area (Å²) >= 11 is 0. The zero-order valence-electron chi connectivity index (χ0n) is 11.8. The number of para-hydroxylation sites is 1. The van der Waals surface area contributed by atoms with E-state index in [0.717, 1.165) is 11.8 Å². The molecule has 0 bridgehead atoms. The van der Waals surface area contributed by atoms with Crippen molar-refractivity contribution in [1.29, 1.82) is 0 Å². The summed E-state index contributed by atoms with van der Waals surface area (Å²) in [7, 11) is 0. The van der Waals surface area contributed by atoms with E-state index in [0.29, 0.717) is 30.3 Å². The molecule has 0 heterocycles. The van der Waals surface area contributed by atoms with Gasteiger partial charge in [-0.3, -0.25) is 4.79 Å². The number of benzene rings is 2. The van der Waals surface area contributed by atoms with Crippen molar-refractivity contribution in [2.75, 3.05) is 6.61 Å². The van der Waals surface area contributed by atoms with Gasteiger partial charge in [0.05, 0.1) is 12.2 Å². The Labute approximate surface area is 119 Å². The monoisotopic (exact) mass is 270 g/mol. The Morgan fingerprint density at radius 1 is 1.05 bits per heavy atom. The Balaban J connectivity index is 2.18. The molecule has 2 rings (SSSR count). The second-order valence-electron chi connectivity index (χ2n) is 4.50. The number of carbonyl (C=O) groups excluding carboxylic acids is 1. The first-order chi connectivity index (χ1) is 9.74. The van der Waals surface area contributed by atoms with Gasteiger partial charge in [0.15, 0.2) is 17.8 Å². The van der Waals surface area contributed by atoms with E-state index in [2.05, 4.69) is 0 Å². The van der Waals surface area contributed by atoms with Gasteiger partial charge in [-0.1, -0.05) is 35.9 Å². The summed E-state index contributed by atoms with van der Waals surface area (Å²) in [6, 6.07) is 13.4. The molecule has 0 aromatic heterocycles. The molecule has 0 saturated carbocycles. The van der Waals surface area contributed by atoms with Gasteiger partial charge in [-0.15, -0.1) is 0 Å². The Bertz CT molecular complexity index is 573. The van der Waals surface area contributed by atoms with Gasteiger partial charge < -0.3 is 9.47 Å². The largest absolute Gasteiger partial charge is 0.490 e. The van der Waals surface area contributed by atoms with Gasteiger partial charge in [-0.05, 0) is 31.5 Å². The van der Waals surface area contributed by atoms with Crippen molar-refractivity contribution < 1.29 is 14.3 Å². The molecule has 0 fully saturated rings. The van der Waals surface area contributed by atoms with Crippen molar-refractivity contribution >= 4 is 6.29 Å². The summed E-state index contributed by atoms with van der Waals surface area (Å²) in [6.45, 7) is 4.88. The minimum Gasteiger partial charge on any atom is -0.490 e. The normalized spacial score (nSPS) is 10.1. The summed E-state index contributed by atoms with van der Waals surface area (Å²) in [5.74, 6) is 1.11. The minimum atomic E-state index is 0.408. The first-order valence-electron chi connectivity index (χ1n) is 6.64. The van der Waals surface area contributed by atoms with Gasteiger partial charge >= 0.3 is 0 Å². The molecule has 3 nitrogen and oxygen atoms in total. The molecule has 2 aromatic carbocycles. The zero-order valence-corrected chi connectivity index (χ0v) is 11.8. The second kappa shape index (κ2) is 6.75. The number of ether oxygens (including phenoxy) is 2. The van der Waals surface area contributed by atoms with Crippen LogP contribution >= 0.6 is 0 Å². The van der Waals surface area contributed by atoms with Gasteiger partial charge in [-0.25, -0.2) is 0 Å². The average Bonchev–Trinajstić information content (AvgIpc) is 2.47. The molecule has 0 aliphatic carbocycles. The van der Waals surface area contributed by atoms with E-state index >= 15 is 0 Å². The molecule has 0 unspecified atom stereocenters. The lowest BCUT2D eigenvalue weighted by Crippen LogP contribution is -2.02. The number of aryl methyl sites for hydroxylation is 1. The number of hydrogen-bond acceptors (Lipinski definition) is 3. The summed E-state index contributed by atoms with van der Waals surface area (Å²) < 4.78 is 11.3. The maximum atomic E-state index is 11.1. The van der Waals surface area contributed by atoms with Gasteiger partial charge in [0, 0.05) is 0 Å². The van der Waals surface area contributed by atoms with Crippen LogP contribution in [0, 0.1) is 6.92 Å². The molecule has 0 saturated heterocycles. The Kier molecular flexibility index (Phi) is 4.77. The van der Waals surface area contributed by atoms with Crippen molar-refractivity contribution in [2.45, 2.75) is 20.5 Å². The molecular weight excluding hydrogens is 252 g/mol. The van der Waals surface area contributed by atoms with Crippen molar-refractivity contribution in [2.24, 2.45) is 0 Å². The number of carbonyl (C=O) groups is 1. The van der Waals surface area contributed by atoms with Gasteiger partial charge in [-0.2, -0.15) is 0 Å². The molecule has 2 aromatic rings. The Morgan fingerprint density at radius 2 is 1.80 bits per heavy atom. The van der Waals surface area contributed by atoms with E-state index < -0.39 is 0 Å². The van der Waals surface area contributed by atoms with Crippen molar-refractivity contribution in [3.63, 3.8) is 0 Å². The predicted molar refractivity (Wildman–Crippen MR) is 78.5 cm³/mol. The van der Waals surface area contributed by atoms with Gasteiger partial charge in [0.25, 0.3) is 0 Å². The van der Waals surface area contributed by atoms with E-state index in [-0.39, 0.29) is 0 Å². The van der Waals surface area contributed by atoms with E-state index in [1.807, 2.05) is 38.1 Å². The average molecular weight is 270 g/mol. The molecule has 0 N–H and O–H groups in total. The fourth-order valence-electron chi connectivity index (χ4n) is 1.89. The lowest BCUT2D eigenvalue weighted by molar-refractivity contribution is 0.111. The van der Waals surface area contributed by atoms with Crippen molar-refractivity contribution in [1.82, 2.24) is 0 Å². The molecule has 0 spiro atoms. The lowest BCUT2D eigenvalue weighted by Gasteiger charge is -2.13. The third-order valence-electron chi connectivity index (χ3n) is 2.94. The molecular formula is C17H18O3. The molecule has 0 atom stereocenters. The first-order valence-corrected chi connectivity index (χ1v) is 6.64. The highest BCUT2D eigenvalue weighted by molar-refractivity contribution is 5.81. The van der Waals surface area contributed by atoms with Crippen LogP contribution in [-0.4, -0.2) is 12.9 Å². The number of rotatable bonds is 6. The fraction of sp³-hybridized carbons (Fsp3) is 0.235. The fourth-order valence-corrected chi connectivity index (χ4v) is 1.89. The highest BCUT2D eigenvalue weighted by Crippen LogP contribution is 2.31. The van der Waals surface area contributed by atoms with Crippen LogP contribution in [0.25, 0.3) is 0 Å². The minimum absolute atomic E-state index is 0.408. The van der Waals surface area contributed by atoms with E-state index in [1.165, 1.54) is 5.56 Å². The molecule has 20 heavy (non-hydrogen) atoms. The SMILES string of the molecule is CCOc1cccc(C=O)c1OCc1ccc(C)cc1. The summed E-state index contributed by atoms with van der Waals surface area (Å²) in [5, 5.41) is 0. The molecule has 0 aliphatic rings. The van der Waals surface area contributed by atoms with Crippen LogP contribution < -0.4 is 9.47 Å². The highest BCUT2D eigenvalue weighted by Gasteiger charge is 2.10. The third kappa shape index (κ3) is 3.38. The van der Waals surface area contributed by atoms with Crippen LogP contribution in [0.5, 0.6) is 11.5 Å². The summed E-state index contributed by atoms with van der Waals surface area (Å²) in [5.41, 5.74) is 2.76. The number of hydrogen-bond donors (Lipinski definition) is 0. The quantitative estimate of drug-likeness (QED) is 0.749. The Morgan fingerprint density at radius 3 is 2.45 bits per heavy atom. The molecule has 104 valence electrons. The van der Waals surface area contributed by atoms with Crippen molar-refractivity contribution in [3.05, 3.63) is 59.2 Å². The van der Waals surface area contributed by atoms with E-state index in [9.17, 15) is 4.79 Å². The summed E-state index contributed by atoms with van der Waals surface area (Å²) in [6.07, 6.45) is 0.785. The number of aldehydes is 1. The second-order valence-corrected chi connectivity index (χ2v) is 4.50. The molecule has 0 aliphatic heterocycles. The predicted octanol–water partition coefficient (Wildman–Crippen LogP) is 3.79. The first kappa shape index (κ1) is 14.1. The van der Waals surface area contributed by atoms with Crippen molar-refractivity contribution in [3.8, 4) is 11.5 Å². The van der Waals surface area contributed by atoms with Crippen LogP contribution in [-0.2, 0) is 6.61 Å². The van der Waals surface area contributed by atoms with Crippen LogP contribution in [0.3, 0.4) is 0 Å². The third-order valence-corrected chi connectivity index (χ3v) is 2.94. The van der Waals surface area contributed by atoms with Crippen LogP contribution in [0.1, 0.15) is 28.4 Å². The van der Waals surface area contributed by atoms with Crippen LogP contribution in [0.2, 0.25) is 0 Å². The Hall–Kier alpha value is -2.29.